The van der Waals surface area contributed by atoms with Crippen molar-refractivity contribution in [2.24, 2.45) is 5.92 Å². The number of H-pyrrole nitrogens is 1. The molecule has 3 aliphatic rings. The van der Waals surface area contributed by atoms with E-state index in [-0.39, 0.29) is 30.2 Å². The maximum atomic E-state index is 13.5. The maximum absolute atomic E-state index is 13.5. The Morgan fingerprint density at radius 3 is 2.75 bits per heavy atom. The van der Waals surface area contributed by atoms with Crippen LogP contribution >= 0.6 is 0 Å². The second-order valence-corrected chi connectivity index (χ2v) is 8.32. The van der Waals surface area contributed by atoms with E-state index in [1.165, 1.54) is 0 Å². The summed E-state index contributed by atoms with van der Waals surface area (Å²) in [5.41, 5.74) is 0.576. The predicted octanol–water partition coefficient (Wildman–Crippen LogP) is 0.647. The van der Waals surface area contributed by atoms with Crippen molar-refractivity contribution in [2.75, 3.05) is 32.8 Å². The fourth-order valence-electron chi connectivity index (χ4n) is 4.66. The number of aromatic nitrogens is 4. The number of aryl methyl sites for hydroxylation is 1. The highest BCUT2D eigenvalue weighted by Crippen LogP contribution is 2.24. The van der Waals surface area contributed by atoms with Gasteiger partial charge < -0.3 is 29.2 Å². The predicted molar refractivity (Wildman–Crippen MR) is 112 cm³/mol. The van der Waals surface area contributed by atoms with E-state index in [1.807, 2.05) is 20.4 Å². The minimum Gasteiger partial charge on any atom is -0.483 e. The Bertz CT molecular complexity index is 943. The van der Waals surface area contributed by atoms with E-state index in [0.29, 0.717) is 44.4 Å². The Hall–Kier alpha value is -3.21. The van der Waals surface area contributed by atoms with Gasteiger partial charge in [0.05, 0.1) is 19.3 Å². The molecule has 11 heteroatoms. The summed E-state index contributed by atoms with van der Waals surface area (Å²) in [5.74, 6) is 1.29. The van der Waals surface area contributed by atoms with Crippen molar-refractivity contribution in [1.82, 2.24) is 29.5 Å². The average Bonchev–Trinajstić information content (AvgIpc) is 3.27. The van der Waals surface area contributed by atoms with Crippen LogP contribution in [-0.2, 0) is 22.5 Å². The first-order valence-electron chi connectivity index (χ1n) is 10.9. The highest BCUT2D eigenvalue weighted by atomic mass is 16.5. The summed E-state index contributed by atoms with van der Waals surface area (Å²) >= 11 is 0. The minimum atomic E-state index is -0.250. The Balaban J connectivity index is 0.000000775. The van der Waals surface area contributed by atoms with Gasteiger partial charge in [0.25, 0.3) is 18.3 Å². The van der Waals surface area contributed by atoms with Gasteiger partial charge in [0.15, 0.2) is 0 Å². The monoisotopic (exact) mass is 444 g/mol. The lowest BCUT2D eigenvalue weighted by Gasteiger charge is -2.31. The van der Waals surface area contributed by atoms with Crippen molar-refractivity contribution in [1.29, 1.82) is 0 Å². The van der Waals surface area contributed by atoms with Gasteiger partial charge in [-0.2, -0.15) is 0 Å². The van der Waals surface area contributed by atoms with E-state index in [9.17, 15) is 9.59 Å². The molecule has 2 bridgehead atoms. The smallest absolute Gasteiger partial charge is 0.292 e. The van der Waals surface area contributed by atoms with Crippen LogP contribution in [0.15, 0.2) is 18.3 Å². The van der Waals surface area contributed by atoms with Crippen LogP contribution in [0, 0.1) is 5.92 Å². The third-order valence-electron chi connectivity index (χ3n) is 6.15. The fourth-order valence-corrected chi connectivity index (χ4v) is 4.66. The van der Waals surface area contributed by atoms with Crippen molar-refractivity contribution < 1.29 is 24.2 Å². The molecule has 5 heterocycles. The summed E-state index contributed by atoms with van der Waals surface area (Å²) in [6.45, 7) is 3.13. The van der Waals surface area contributed by atoms with Gasteiger partial charge in [0.1, 0.15) is 11.5 Å². The number of carbonyl (C=O) groups excluding carboxylic acids is 2. The first-order chi connectivity index (χ1) is 15.6. The molecule has 0 unspecified atom stereocenters. The molecule has 2 aromatic rings. The topological polar surface area (TPSA) is 134 Å². The number of nitrogens with one attached hydrogen (secondary N) is 1. The number of nitrogens with zero attached hydrogens (tertiary/aromatic N) is 5. The van der Waals surface area contributed by atoms with Gasteiger partial charge >= 0.3 is 0 Å². The molecule has 2 aromatic heterocycles. The Labute approximate surface area is 185 Å². The zero-order chi connectivity index (χ0) is 22.5. The number of hydrogen-bond donors (Lipinski definition) is 2. The number of carbonyl (C=O) groups is 3. The zero-order valence-corrected chi connectivity index (χ0v) is 17.9. The summed E-state index contributed by atoms with van der Waals surface area (Å²) in [6, 6.07) is 3.42. The van der Waals surface area contributed by atoms with Crippen molar-refractivity contribution >= 4 is 18.3 Å². The van der Waals surface area contributed by atoms with Crippen LogP contribution in [0.5, 0.6) is 0 Å². The number of carboxylic acid groups (broad SMARTS) is 1. The van der Waals surface area contributed by atoms with Gasteiger partial charge in [-0.25, -0.2) is 0 Å². The van der Waals surface area contributed by atoms with Gasteiger partial charge in [-0.05, 0) is 25.0 Å². The first-order valence-corrected chi connectivity index (χ1v) is 10.9. The van der Waals surface area contributed by atoms with Gasteiger partial charge in [-0.15, -0.1) is 10.2 Å². The quantitative estimate of drug-likeness (QED) is 0.650. The minimum absolute atomic E-state index is 0.0301. The molecule has 2 N–H and O–H groups in total. The summed E-state index contributed by atoms with van der Waals surface area (Å²) in [6.07, 6.45) is 5.90. The number of rotatable bonds is 2. The summed E-state index contributed by atoms with van der Waals surface area (Å²) < 4.78 is 7.82. The third kappa shape index (κ3) is 4.52. The van der Waals surface area contributed by atoms with E-state index >= 15 is 0 Å². The second-order valence-electron chi connectivity index (χ2n) is 8.32. The third-order valence-corrected chi connectivity index (χ3v) is 6.15. The van der Waals surface area contributed by atoms with Crippen LogP contribution in [0.2, 0.25) is 0 Å². The van der Waals surface area contributed by atoms with E-state index in [1.54, 1.807) is 12.3 Å². The van der Waals surface area contributed by atoms with E-state index in [4.69, 9.17) is 14.6 Å². The highest BCUT2D eigenvalue weighted by Gasteiger charge is 2.39. The fraction of sp³-hybridized carbons (Fsp3) is 0.571. The molecule has 0 spiro atoms. The normalized spacial score (nSPS) is 22.6. The number of hydrogen-bond acceptors (Lipinski definition) is 6. The van der Waals surface area contributed by atoms with E-state index in [2.05, 4.69) is 15.2 Å². The molecule has 172 valence electrons. The van der Waals surface area contributed by atoms with Crippen LogP contribution in [0.3, 0.4) is 0 Å². The van der Waals surface area contributed by atoms with Gasteiger partial charge in [-0.1, -0.05) is 6.42 Å². The molecule has 2 saturated heterocycles. The molecule has 2 atom stereocenters. The van der Waals surface area contributed by atoms with Gasteiger partial charge in [-0.3, -0.25) is 14.4 Å². The molecule has 0 radical (unpaired) electrons. The standard InChI is InChI=1S/C20H26N6O3.CH2O2/c27-19(16-5-4-7-21-16)24-9-14-10-26(15(11-24)13-29-12-14)20(28)18-23-22-17-6-2-1-3-8-25(17)18;2-1-3/h4-5,7,14-15,21H,1-3,6,8-13H2;1H,(H,2,3)/t14-,15-;/m0./s1. The van der Waals surface area contributed by atoms with Crippen molar-refractivity contribution in [2.45, 2.75) is 38.3 Å². The van der Waals surface area contributed by atoms with Gasteiger partial charge in [0.2, 0.25) is 5.82 Å². The summed E-state index contributed by atoms with van der Waals surface area (Å²) in [5, 5.41) is 15.4. The lowest BCUT2D eigenvalue weighted by Crippen LogP contribution is -2.48. The van der Waals surface area contributed by atoms with Crippen LogP contribution in [0.25, 0.3) is 0 Å². The van der Waals surface area contributed by atoms with Crippen LogP contribution in [-0.4, -0.2) is 91.8 Å². The number of ether oxygens (including phenoxy) is 1. The summed E-state index contributed by atoms with van der Waals surface area (Å²) in [7, 11) is 0. The average molecular weight is 444 g/mol. The Kier molecular flexibility index (Phi) is 6.84. The Morgan fingerprint density at radius 2 is 1.97 bits per heavy atom. The van der Waals surface area contributed by atoms with Crippen LogP contribution in [0.4, 0.5) is 0 Å². The molecule has 2 fully saturated rings. The van der Waals surface area contributed by atoms with Crippen molar-refractivity contribution in [3.05, 3.63) is 35.7 Å². The molecule has 3 aliphatic heterocycles. The molecule has 0 aromatic carbocycles. The first kappa shape index (κ1) is 22.0. The molecule has 11 nitrogen and oxygen atoms in total. The molecule has 0 saturated carbocycles. The maximum Gasteiger partial charge on any atom is 0.292 e. The number of fused-ring (bicyclic) bond motifs is 4. The van der Waals surface area contributed by atoms with E-state index in [0.717, 1.165) is 38.1 Å². The van der Waals surface area contributed by atoms with E-state index < -0.39 is 0 Å². The molecule has 0 aliphatic carbocycles. The molecular weight excluding hydrogens is 416 g/mol. The SMILES string of the molecule is O=C(c1ccc[nH]1)N1C[C@@H]2COC[C@H](C1)N(C(=O)c1nnc3n1CCCCC3)C2.O=CO. The number of aromatic amines is 1. The Morgan fingerprint density at radius 1 is 1.12 bits per heavy atom. The molecular formula is C21H28N6O5. The van der Waals surface area contributed by atoms with Gasteiger partial charge in [0, 0.05) is 44.7 Å². The van der Waals surface area contributed by atoms with Crippen LogP contribution < -0.4 is 0 Å². The summed E-state index contributed by atoms with van der Waals surface area (Å²) in [4.78, 5) is 41.5. The molecule has 5 rings (SSSR count). The molecule has 2 amide bonds. The lowest BCUT2D eigenvalue weighted by molar-refractivity contribution is -0.122. The number of amides is 2. The lowest BCUT2D eigenvalue weighted by atomic mass is 10.1. The largest absolute Gasteiger partial charge is 0.483 e. The molecule has 32 heavy (non-hydrogen) atoms. The second kappa shape index (κ2) is 9.94. The van der Waals surface area contributed by atoms with Crippen LogP contribution in [0.1, 0.15) is 46.2 Å². The van der Waals surface area contributed by atoms with Crippen molar-refractivity contribution in [3.8, 4) is 0 Å². The van der Waals surface area contributed by atoms with Crippen molar-refractivity contribution in [3.63, 3.8) is 0 Å². The highest BCUT2D eigenvalue weighted by molar-refractivity contribution is 5.93. The zero-order valence-electron chi connectivity index (χ0n) is 17.9.